The van der Waals surface area contributed by atoms with Crippen molar-refractivity contribution in [3.05, 3.63) is 96.1 Å². The molecule has 0 unspecified atom stereocenters. The van der Waals surface area contributed by atoms with E-state index in [1.807, 2.05) is 0 Å². The molecule has 0 fully saturated rings. The Kier molecular flexibility index (Phi) is 2.97. The highest BCUT2D eigenvalue weighted by Gasteiger charge is 2.07. The fourth-order valence-corrected chi connectivity index (χ4v) is 4.25. The van der Waals surface area contributed by atoms with E-state index in [1.165, 1.54) is 54.7 Å². The Bertz CT molecular complexity index is 1340. The molecule has 0 aliphatic heterocycles. The van der Waals surface area contributed by atoms with Gasteiger partial charge in [-0.3, -0.25) is 0 Å². The van der Waals surface area contributed by atoms with Gasteiger partial charge in [-0.15, -0.1) is 0 Å². The Balaban J connectivity index is 1.46. The SMILES string of the molecule is c1ccc2c(c1)[nH]c1ccc(Cc3ccc4[nH]c5ccccc5c4c3)cc12. The second-order valence-electron chi connectivity index (χ2n) is 7.28. The van der Waals surface area contributed by atoms with Crippen LogP contribution in [0.25, 0.3) is 43.6 Å². The Morgan fingerprint density at radius 2 is 0.889 bits per heavy atom. The van der Waals surface area contributed by atoms with E-state index in [9.17, 15) is 0 Å². The van der Waals surface area contributed by atoms with Gasteiger partial charge in [0.2, 0.25) is 0 Å². The second kappa shape index (κ2) is 5.49. The van der Waals surface area contributed by atoms with Crippen molar-refractivity contribution in [1.82, 2.24) is 9.97 Å². The third-order valence-corrected chi connectivity index (χ3v) is 5.55. The Morgan fingerprint density at radius 1 is 0.444 bits per heavy atom. The molecule has 128 valence electrons. The number of aromatic nitrogens is 2. The number of para-hydroxylation sites is 2. The van der Waals surface area contributed by atoms with Gasteiger partial charge in [0.1, 0.15) is 0 Å². The first-order chi connectivity index (χ1) is 13.3. The number of benzene rings is 4. The molecule has 2 aromatic heterocycles. The molecule has 2 heterocycles. The summed E-state index contributed by atoms with van der Waals surface area (Å²) in [5.74, 6) is 0. The first-order valence-electron chi connectivity index (χ1n) is 9.34. The summed E-state index contributed by atoms with van der Waals surface area (Å²) in [6.07, 6.45) is 0.935. The maximum atomic E-state index is 3.51. The van der Waals surface area contributed by atoms with Crippen molar-refractivity contribution in [1.29, 1.82) is 0 Å². The van der Waals surface area contributed by atoms with E-state index >= 15 is 0 Å². The zero-order valence-corrected chi connectivity index (χ0v) is 14.8. The van der Waals surface area contributed by atoms with E-state index in [1.54, 1.807) is 0 Å². The van der Waals surface area contributed by atoms with Gasteiger partial charge in [-0.2, -0.15) is 0 Å². The van der Waals surface area contributed by atoms with Gasteiger partial charge in [0, 0.05) is 43.6 Å². The van der Waals surface area contributed by atoms with Gasteiger partial charge in [0.25, 0.3) is 0 Å². The molecule has 0 bridgehead atoms. The van der Waals surface area contributed by atoms with Gasteiger partial charge in [-0.25, -0.2) is 0 Å². The van der Waals surface area contributed by atoms with Gasteiger partial charge >= 0.3 is 0 Å². The van der Waals surface area contributed by atoms with Crippen molar-refractivity contribution in [2.45, 2.75) is 6.42 Å². The second-order valence-corrected chi connectivity index (χ2v) is 7.28. The van der Waals surface area contributed by atoms with Crippen LogP contribution < -0.4 is 0 Å². The van der Waals surface area contributed by atoms with Gasteiger partial charge in [-0.1, -0.05) is 48.5 Å². The molecule has 27 heavy (non-hydrogen) atoms. The maximum absolute atomic E-state index is 3.51. The molecule has 2 nitrogen and oxygen atoms in total. The Morgan fingerprint density at radius 3 is 1.41 bits per heavy atom. The molecule has 0 radical (unpaired) electrons. The van der Waals surface area contributed by atoms with Crippen LogP contribution in [-0.4, -0.2) is 9.97 Å². The first kappa shape index (κ1) is 14.6. The van der Waals surface area contributed by atoms with Crippen LogP contribution in [-0.2, 0) is 6.42 Å². The third kappa shape index (κ3) is 2.27. The molecule has 0 aliphatic carbocycles. The summed E-state index contributed by atoms with van der Waals surface area (Å²) in [5, 5.41) is 5.19. The molecule has 6 aromatic rings. The lowest BCUT2D eigenvalue weighted by Crippen LogP contribution is -1.88. The lowest BCUT2D eigenvalue weighted by Gasteiger charge is -2.04. The van der Waals surface area contributed by atoms with Crippen LogP contribution in [0.3, 0.4) is 0 Å². The van der Waals surface area contributed by atoms with Crippen LogP contribution in [0.2, 0.25) is 0 Å². The van der Waals surface area contributed by atoms with E-state index in [0.717, 1.165) is 6.42 Å². The first-order valence-corrected chi connectivity index (χ1v) is 9.34. The summed E-state index contributed by atoms with van der Waals surface area (Å²) in [6.45, 7) is 0. The molecule has 2 N–H and O–H groups in total. The molecular weight excluding hydrogens is 328 g/mol. The Labute approximate surface area is 156 Å². The van der Waals surface area contributed by atoms with Gasteiger partial charge in [0.05, 0.1) is 0 Å². The molecule has 0 amide bonds. The van der Waals surface area contributed by atoms with Crippen LogP contribution in [0, 0.1) is 0 Å². The fraction of sp³-hybridized carbons (Fsp3) is 0.0400. The van der Waals surface area contributed by atoms with Gasteiger partial charge in [0.15, 0.2) is 0 Å². The number of nitrogens with one attached hydrogen (secondary N) is 2. The minimum atomic E-state index is 0.935. The highest BCUT2D eigenvalue weighted by Crippen LogP contribution is 2.29. The number of hydrogen-bond acceptors (Lipinski definition) is 0. The summed E-state index contributed by atoms with van der Waals surface area (Å²) in [7, 11) is 0. The molecule has 0 saturated heterocycles. The Hall–Kier alpha value is -3.52. The topological polar surface area (TPSA) is 31.6 Å². The smallest absolute Gasteiger partial charge is 0.0465 e. The lowest BCUT2D eigenvalue weighted by atomic mass is 10.0. The summed E-state index contributed by atoms with van der Waals surface area (Å²) in [6, 6.07) is 30.6. The summed E-state index contributed by atoms with van der Waals surface area (Å²) in [4.78, 5) is 7.01. The quantitative estimate of drug-likeness (QED) is 0.356. The number of H-pyrrole nitrogens is 2. The van der Waals surface area contributed by atoms with Crippen LogP contribution in [0.4, 0.5) is 0 Å². The zero-order chi connectivity index (χ0) is 17.8. The minimum Gasteiger partial charge on any atom is -0.355 e. The molecule has 0 spiro atoms. The number of aromatic amines is 2. The highest BCUT2D eigenvalue weighted by molar-refractivity contribution is 6.08. The minimum absolute atomic E-state index is 0.935. The summed E-state index contributed by atoms with van der Waals surface area (Å²) < 4.78 is 0. The van der Waals surface area contributed by atoms with Crippen LogP contribution in [0.15, 0.2) is 84.9 Å². The van der Waals surface area contributed by atoms with E-state index in [2.05, 4.69) is 94.9 Å². The van der Waals surface area contributed by atoms with E-state index in [4.69, 9.17) is 0 Å². The van der Waals surface area contributed by atoms with Crippen molar-refractivity contribution in [2.24, 2.45) is 0 Å². The molecule has 6 rings (SSSR count). The molecule has 0 saturated carbocycles. The van der Waals surface area contributed by atoms with Crippen molar-refractivity contribution < 1.29 is 0 Å². The summed E-state index contributed by atoms with van der Waals surface area (Å²) >= 11 is 0. The molecule has 0 atom stereocenters. The van der Waals surface area contributed by atoms with Crippen molar-refractivity contribution in [3.63, 3.8) is 0 Å². The van der Waals surface area contributed by atoms with Gasteiger partial charge in [-0.05, 0) is 53.9 Å². The molecule has 2 heteroatoms. The highest BCUT2D eigenvalue weighted by atomic mass is 14.7. The van der Waals surface area contributed by atoms with E-state index < -0.39 is 0 Å². The van der Waals surface area contributed by atoms with Crippen LogP contribution in [0.5, 0.6) is 0 Å². The maximum Gasteiger partial charge on any atom is 0.0465 e. The van der Waals surface area contributed by atoms with E-state index in [-0.39, 0.29) is 0 Å². The third-order valence-electron chi connectivity index (χ3n) is 5.55. The average Bonchev–Trinajstić information content (AvgIpc) is 3.26. The molecule has 4 aromatic carbocycles. The monoisotopic (exact) mass is 346 g/mol. The van der Waals surface area contributed by atoms with E-state index in [0.29, 0.717) is 0 Å². The number of fused-ring (bicyclic) bond motifs is 6. The van der Waals surface area contributed by atoms with Crippen molar-refractivity contribution in [3.8, 4) is 0 Å². The molecule has 0 aliphatic rings. The van der Waals surface area contributed by atoms with Crippen molar-refractivity contribution in [2.75, 3.05) is 0 Å². The summed E-state index contributed by atoms with van der Waals surface area (Å²) in [5.41, 5.74) is 7.48. The normalized spacial score (nSPS) is 11.9. The largest absolute Gasteiger partial charge is 0.355 e. The predicted octanol–water partition coefficient (Wildman–Crippen LogP) is 6.55. The molecular formula is C25H18N2. The standard InChI is InChI=1S/C25H18N2/c1-3-7-22-18(5-1)20-14-16(9-11-24(20)26-22)13-17-10-12-25-21(15-17)19-6-2-4-8-23(19)27-25/h1-12,14-15,26-27H,13H2. The number of hydrogen-bond donors (Lipinski definition) is 2. The zero-order valence-electron chi connectivity index (χ0n) is 14.8. The van der Waals surface area contributed by atoms with Crippen molar-refractivity contribution >= 4 is 43.6 Å². The van der Waals surface area contributed by atoms with Gasteiger partial charge < -0.3 is 9.97 Å². The fourth-order valence-electron chi connectivity index (χ4n) is 4.25. The number of rotatable bonds is 2. The lowest BCUT2D eigenvalue weighted by molar-refractivity contribution is 1.21. The average molecular weight is 346 g/mol. The predicted molar refractivity (Wildman–Crippen MR) is 114 cm³/mol. The van der Waals surface area contributed by atoms with Crippen LogP contribution in [0.1, 0.15) is 11.1 Å². The van der Waals surface area contributed by atoms with Crippen LogP contribution >= 0.6 is 0 Å².